The third-order valence-electron chi connectivity index (χ3n) is 9.56. The summed E-state index contributed by atoms with van der Waals surface area (Å²) in [6.07, 6.45) is 0. The summed E-state index contributed by atoms with van der Waals surface area (Å²) in [7, 11) is 0. The molecule has 0 aliphatic rings. The van der Waals surface area contributed by atoms with Crippen LogP contribution in [0.2, 0.25) is 0 Å². The number of hydrogen-bond donors (Lipinski definition) is 0. The van der Waals surface area contributed by atoms with Crippen molar-refractivity contribution in [3.05, 3.63) is 158 Å². The van der Waals surface area contributed by atoms with E-state index >= 15 is 0 Å². The molecule has 0 spiro atoms. The van der Waals surface area contributed by atoms with Crippen molar-refractivity contribution in [2.75, 3.05) is 0 Å². The highest BCUT2D eigenvalue weighted by molar-refractivity contribution is 7.26. The van der Waals surface area contributed by atoms with Crippen molar-refractivity contribution in [1.82, 2.24) is 19.5 Å². The van der Waals surface area contributed by atoms with Crippen LogP contribution in [0.15, 0.2) is 162 Å². The summed E-state index contributed by atoms with van der Waals surface area (Å²) in [5.74, 6) is 0.598. The molecule has 0 amide bonds. The van der Waals surface area contributed by atoms with Gasteiger partial charge in [0, 0.05) is 64.1 Å². The molecule has 0 saturated carbocycles. The quantitative estimate of drug-likeness (QED) is 0.186. The number of aromatic nitrogens is 4. The van der Waals surface area contributed by atoms with E-state index in [0.29, 0.717) is 28.4 Å². The monoisotopic (exact) mass is 675 g/mol. The Morgan fingerprint density at radius 1 is 0.529 bits per heavy atom. The van der Waals surface area contributed by atoms with Crippen molar-refractivity contribution in [2.24, 2.45) is 0 Å². The lowest BCUT2D eigenvalue weighted by Crippen LogP contribution is -2.00. The molecule has 7 aromatic carbocycles. The zero-order chi connectivity index (χ0) is 37.8. The molecule has 0 fully saturated rings. The number of benzene rings is 7. The fraction of sp³-hybridized carbons (Fsp3) is 0. The Morgan fingerprint density at radius 2 is 1.16 bits per heavy atom. The summed E-state index contributed by atoms with van der Waals surface area (Å²) in [6.45, 7) is 0. The number of furan rings is 1. The zero-order valence-corrected chi connectivity index (χ0v) is 27.5. The molecule has 0 unspecified atom stereocenters. The van der Waals surface area contributed by atoms with Crippen molar-refractivity contribution < 1.29 is 11.3 Å². The zero-order valence-electron chi connectivity index (χ0n) is 31.7. The molecule has 0 atom stereocenters. The van der Waals surface area contributed by atoms with Crippen molar-refractivity contribution in [3.63, 3.8) is 0 Å². The molecule has 11 aromatic rings. The molecule has 0 aliphatic carbocycles. The topological polar surface area (TPSA) is 56.7 Å². The first-order chi connectivity index (χ1) is 27.4. The second-order valence-electron chi connectivity index (χ2n) is 12.4. The largest absolute Gasteiger partial charge is 0.456 e. The Bertz CT molecular complexity index is 3380. The average molecular weight is 676 g/mol. The standard InChI is InChI=1S/C45H26N4OS/c1-2-12-27(13-3-1)43-46-44(33-18-11-23-39-41(33)32-16-6-9-22-38(32)50-39)48-45(47-43)34-19-10-17-31-35-26-28(24-25-40(35)51-42(31)34)49-36-20-7-4-14-29(36)30-15-5-8-21-37(30)49/h1-26H/i1D,2D,3D,12D,13D. The normalized spacial score (nSPS) is 13.3. The first-order valence-corrected chi connectivity index (χ1v) is 17.4. The first kappa shape index (κ1) is 23.7. The van der Waals surface area contributed by atoms with Gasteiger partial charge in [0.1, 0.15) is 11.2 Å². The number of thiophene rings is 1. The summed E-state index contributed by atoms with van der Waals surface area (Å²) in [4.78, 5) is 14.8. The predicted molar refractivity (Wildman–Crippen MR) is 211 cm³/mol. The summed E-state index contributed by atoms with van der Waals surface area (Å²) in [6, 6.07) is 40.8. The highest BCUT2D eigenvalue weighted by atomic mass is 32.1. The minimum atomic E-state index is -0.483. The summed E-state index contributed by atoms with van der Waals surface area (Å²) in [5, 5.41) is 6.20. The van der Waals surface area contributed by atoms with Gasteiger partial charge in [-0.25, -0.2) is 15.0 Å². The summed E-state index contributed by atoms with van der Waals surface area (Å²) in [5.41, 5.74) is 5.99. The third kappa shape index (κ3) is 4.30. The Labute approximate surface area is 302 Å². The maximum Gasteiger partial charge on any atom is 0.165 e. The average Bonchev–Trinajstić information content (AvgIpc) is 3.91. The fourth-order valence-corrected chi connectivity index (χ4v) is 8.55. The van der Waals surface area contributed by atoms with Crippen molar-refractivity contribution in [3.8, 4) is 39.9 Å². The molecule has 5 nitrogen and oxygen atoms in total. The smallest absolute Gasteiger partial charge is 0.165 e. The maximum absolute atomic E-state index is 8.83. The van der Waals surface area contributed by atoms with Crippen LogP contribution in [0.4, 0.5) is 0 Å². The molecule has 4 aromatic heterocycles. The molecule has 51 heavy (non-hydrogen) atoms. The van der Waals surface area contributed by atoms with Crippen molar-refractivity contribution in [2.45, 2.75) is 0 Å². The van der Waals surface area contributed by atoms with Gasteiger partial charge < -0.3 is 8.98 Å². The number of nitrogens with zero attached hydrogens (tertiary/aromatic N) is 4. The second kappa shape index (κ2) is 10.9. The summed E-state index contributed by atoms with van der Waals surface area (Å²) >= 11 is 1.64. The molecule has 6 heteroatoms. The van der Waals surface area contributed by atoms with Crippen LogP contribution >= 0.6 is 11.3 Å². The lowest BCUT2D eigenvalue weighted by atomic mass is 10.0. The second-order valence-corrected chi connectivity index (χ2v) is 13.5. The lowest BCUT2D eigenvalue weighted by Gasteiger charge is -2.10. The van der Waals surface area contributed by atoms with Gasteiger partial charge in [-0.05, 0) is 48.5 Å². The minimum Gasteiger partial charge on any atom is -0.456 e. The Balaban J connectivity index is 1.17. The number of hydrogen-bond acceptors (Lipinski definition) is 5. The van der Waals surface area contributed by atoms with Gasteiger partial charge in [-0.3, -0.25) is 0 Å². The van der Waals surface area contributed by atoms with Gasteiger partial charge in [-0.1, -0.05) is 109 Å². The van der Waals surface area contributed by atoms with E-state index in [1.807, 2.05) is 54.6 Å². The molecule has 11 rings (SSSR count). The van der Waals surface area contributed by atoms with E-state index in [4.69, 9.17) is 26.2 Å². The SMILES string of the molecule is [2H]c1c([2H])c([2H])c(-c2nc(-c3cccc4c3sc3ccc(-n5c6ccccc6c6ccccc65)cc34)nc(-c3cccc4oc5ccccc5c34)n2)c([2H])c1[2H]. The van der Waals surface area contributed by atoms with E-state index in [-0.39, 0.29) is 23.5 Å². The molecular weight excluding hydrogens is 645 g/mol. The van der Waals surface area contributed by atoms with E-state index in [1.165, 1.54) is 10.8 Å². The Kier molecular flexibility index (Phi) is 5.08. The van der Waals surface area contributed by atoms with Crippen LogP contribution in [0.5, 0.6) is 0 Å². The molecule has 0 aliphatic heterocycles. The molecule has 238 valence electrons. The van der Waals surface area contributed by atoms with Gasteiger partial charge in [0.15, 0.2) is 17.5 Å². The molecule has 0 saturated heterocycles. The van der Waals surface area contributed by atoms with E-state index in [1.54, 1.807) is 11.3 Å². The molecule has 0 radical (unpaired) electrons. The van der Waals surface area contributed by atoms with Crippen molar-refractivity contribution >= 4 is 75.3 Å². The van der Waals surface area contributed by atoms with Crippen molar-refractivity contribution in [1.29, 1.82) is 0 Å². The van der Waals surface area contributed by atoms with Crippen LogP contribution in [-0.2, 0) is 0 Å². The molecule has 0 bridgehead atoms. The number of para-hydroxylation sites is 3. The number of rotatable bonds is 4. The Morgan fingerprint density at radius 3 is 1.96 bits per heavy atom. The molecule has 0 N–H and O–H groups in total. The highest BCUT2D eigenvalue weighted by Crippen LogP contribution is 2.42. The van der Waals surface area contributed by atoms with E-state index < -0.39 is 18.1 Å². The predicted octanol–water partition coefficient (Wildman–Crippen LogP) is 12.2. The molecular formula is C45H26N4OS. The Hall–Kier alpha value is -6.63. The van der Waals surface area contributed by atoms with Crippen LogP contribution in [0, 0.1) is 0 Å². The van der Waals surface area contributed by atoms with Crippen LogP contribution in [0.3, 0.4) is 0 Å². The van der Waals surface area contributed by atoms with Gasteiger partial charge >= 0.3 is 0 Å². The van der Waals surface area contributed by atoms with Gasteiger partial charge in [-0.15, -0.1) is 11.3 Å². The van der Waals surface area contributed by atoms with Crippen LogP contribution in [0.1, 0.15) is 6.85 Å². The van der Waals surface area contributed by atoms with Gasteiger partial charge in [0.05, 0.1) is 17.9 Å². The van der Waals surface area contributed by atoms with Crippen LogP contribution in [-0.4, -0.2) is 19.5 Å². The minimum absolute atomic E-state index is 0.0152. The van der Waals surface area contributed by atoms with E-state index in [0.717, 1.165) is 53.2 Å². The van der Waals surface area contributed by atoms with Gasteiger partial charge in [-0.2, -0.15) is 0 Å². The van der Waals surface area contributed by atoms with Gasteiger partial charge in [0.25, 0.3) is 0 Å². The third-order valence-corrected chi connectivity index (χ3v) is 10.8. The van der Waals surface area contributed by atoms with Crippen LogP contribution in [0.25, 0.3) is 104 Å². The number of fused-ring (bicyclic) bond motifs is 9. The first-order valence-electron chi connectivity index (χ1n) is 19.0. The summed E-state index contributed by atoms with van der Waals surface area (Å²) < 4.78 is 53.3. The lowest BCUT2D eigenvalue weighted by molar-refractivity contribution is 0.669. The maximum atomic E-state index is 8.83. The molecule has 4 heterocycles. The fourth-order valence-electron chi connectivity index (χ4n) is 7.35. The highest BCUT2D eigenvalue weighted by Gasteiger charge is 2.20. The van der Waals surface area contributed by atoms with E-state index in [2.05, 4.69) is 77.4 Å². The van der Waals surface area contributed by atoms with Gasteiger partial charge in [0.2, 0.25) is 0 Å². The van der Waals surface area contributed by atoms with E-state index in [9.17, 15) is 0 Å². The van der Waals surface area contributed by atoms with Crippen LogP contribution < -0.4 is 0 Å².